The van der Waals surface area contributed by atoms with Crippen molar-refractivity contribution in [2.75, 3.05) is 13.7 Å². The Morgan fingerprint density at radius 3 is 2.88 bits per heavy atom. The number of carbonyl (C=O) groups excluding carboxylic acids is 1. The van der Waals surface area contributed by atoms with E-state index in [1.165, 1.54) is 0 Å². The lowest BCUT2D eigenvalue weighted by Gasteiger charge is -2.36. The molecule has 2 rings (SSSR count). The number of amides is 1. The average molecular weight is 333 g/mol. The SMILES string of the molecule is COc1cccc([C@H](C)CC(=O)N2CCCC[C@H]2CCC(=O)O)c1. The Labute approximate surface area is 143 Å². The molecular weight excluding hydrogens is 306 g/mol. The minimum atomic E-state index is -0.794. The van der Waals surface area contributed by atoms with Crippen LogP contribution >= 0.6 is 0 Å². The molecule has 1 fully saturated rings. The molecule has 0 aliphatic carbocycles. The molecule has 5 heteroatoms. The monoisotopic (exact) mass is 333 g/mol. The summed E-state index contributed by atoms with van der Waals surface area (Å²) >= 11 is 0. The van der Waals surface area contributed by atoms with E-state index in [2.05, 4.69) is 0 Å². The molecule has 1 aliphatic rings. The summed E-state index contributed by atoms with van der Waals surface area (Å²) in [7, 11) is 1.63. The van der Waals surface area contributed by atoms with Crippen molar-refractivity contribution in [3.8, 4) is 5.75 Å². The summed E-state index contributed by atoms with van der Waals surface area (Å²) in [5.41, 5.74) is 1.08. The van der Waals surface area contributed by atoms with Gasteiger partial charge in [-0.05, 0) is 49.3 Å². The highest BCUT2D eigenvalue weighted by atomic mass is 16.5. The fraction of sp³-hybridized carbons (Fsp3) is 0.579. The number of rotatable bonds is 7. The number of carboxylic acid groups (broad SMARTS) is 1. The van der Waals surface area contributed by atoms with Crippen LogP contribution in [0.25, 0.3) is 0 Å². The highest BCUT2D eigenvalue weighted by Crippen LogP contribution is 2.27. The summed E-state index contributed by atoms with van der Waals surface area (Å²) in [6.07, 6.45) is 4.10. The van der Waals surface area contributed by atoms with Gasteiger partial charge in [-0.1, -0.05) is 19.1 Å². The maximum absolute atomic E-state index is 12.7. The van der Waals surface area contributed by atoms with Gasteiger partial charge in [-0.25, -0.2) is 0 Å². The smallest absolute Gasteiger partial charge is 0.303 e. The molecule has 0 bridgehead atoms. The molecule has 0 radical (unpaired) electrons. The summed E-state index contributed by atoms with van der Waals surface area (Å²) in [5.74, 6) is 0.233. The van der Waals surface area contributed by atoms with Gasteiger partial charge in [0.15, 0.2) is 0 Å². The zero-order valence-corrected chi connectivity index (χ0v) is 14.5. The Kier molecular flexibility index (Phi) is 6.64. The number of piperidine rings is 1. The molecule has 0 saturated carbocycles. The van der Waals surface area contributed by atoms with Crippen molar-refractivity contribution >= 4 is 11.9 Å². The van der Waals surface area contributed by atoms with Crippen molar-refractivity contribution in [2.45, 2.75) is 57.4 Å². The second-order valence-electron chi connectivity index (χ2n) is 6.55. The quantitative estimate of drug-likeness (QED) is 0.830. The second kappa shape index (κ2) is 8.71. The number of aliphatic carboxylic acids is 1. The van der Waals surface area contributed by atoms with Crippen LogP contribution in [0.4, 0.5) is 0 Å². The van der Waals surface area contributed by atoms with E-state index in [4.69, 9.17) is 9.84 Å². The van der Waals surface area contributed by atoms with Gasteiger partial charge < -0.3 is 14.7 Å². The zero-order valence-electron chi connectivity index (χ0n) is 14.5. The number of carboxylic acids is 1. The predicted molar refractivity (Wildman–Crippen MR) is 92.2 cm³/mol. The van der Waals surface area contributed by atoms with Crippen molar-refractivity contribution in [3.63, 3.8) is 0 Å². The van der Waals surface area contributed by atoms with Gasteiger partial charge in [0.1, 0.15) is 5.75 Å². The van der Waals surface area contributed by atoms with E-state index < -0.39 is 5.97 Å². The lowest BCUT2D eigenvalue weighted by molar-refractivity contribution is -0.140. The molecule has 2 atom stereocenters. The number of carbonyl (C=O) groups is 2. The number of likely N-dealkylation sites (tertiary alicyclic amines) is 1. The number of methoxy groups -OCH3 is 1. The molecule has 132 valence electrons. The molecule has 1 aromatic rings. The first-order valence-corrected chi connectivity index (χ1v) is 8.66. The molecule has 0 unspecified atom stereocenters. The van der Waals surface area contributed by atoms with Gasteiger partial charge in [-0.3, -0.25) is 9.59 Å². The van der Waals surface area contributed by atoms with Gasteiger partial charge >= 0.3 is 5.97 Å². The van der Waals surface area contributed by atoms with E-state index in [9.17, 15) is 9.59 Å². The van der Waals surface area contributed by atoms with Crippen LogP contribution in [0.2, 0.25) is 0 Å². The lowest BCUT2D eigenvalue weighted by atomic mass is 9.93. The van der Waals surface area contributed by atoms with Crippen molar-refractivity contribution in [2.24, 2.45) is 0 Å². The van der Waals surface area contributed by atoms with Crippen LogP contribution in [-0.2, 0) is 9.59 Å². The van der Waals surface area contributed by atoms with Gasteiger partial charge in [0, 0.05) is 25.4 Å². The predicted octanol–water partition coefficient (Wildman–Crippen LogP) is 3.43. The Hall–Kier alpha value is -2.04. The first kappa shape index (κ1) is 18.3. The van der Waals surface area contributed by atoms with Crippen LogP contribution in [0.15, 0.2) is 24.3 Å². The van der Waals surface area contributed by atoms with Gasteiger partial charge in [-0.15, -0.1) is 0 Å². The van der Waals surface area contributed by atoms with E-state index in [0.29, 0.717) is 12.8 Å². The normalized spacial score (nSPS) is 18.9. The van der Waals surface area contributed by atoms with Crippen LogP contribution in [-0.4, -0.2) is 41.6 Å². The van der Waals surface area contributed by atoms with Crippen molar-refractivity contribution in [1.29, 1.82) is 0 Å². The fourth-order valence-corrected chi connectivity index (χ4v) is 3.36. The number of ether oxygens (including phenoxy) is 1. The molecule has 1 amide bonds. The van der Waals surface area contributed by atoms with E-state index in [-0.39, 0.29) is 24.3 Å². The van der Waals surface area contributed by atoms with Crippen LogP contribution < -0.4 is 4.74 Å². The third-order valence-electron chi connectivity index (χ3n) is 4.78. The van der Waals surface area contributed by atoms with Gasteiger partial charge in [0.25, 0.3) is 0 Å². The lowest BCUT2D eigenvalue weighted by Crippen LogP contribution is -2.44. The van der Waals surface area contributed by atoms with Gasteiger partial charge in [0.05, 0.1) is 7.11 Å². The van der Waals surface area contributed by atoms with Crippen LogP contribution in [0.5, 0.6) is 5.75 Å². The Balaban J connectivity index is 1.99. The molecule has 1 N–H and O–H groups in total. The van der Waals surface area contributed by atoms with E-state index in [0.717, 1.165) is 37.1 Å². The van der Waals surface area contributed by atoms with Gasteiger partial charge in [0.2, 0.25) is 5.91 Å². The van der Waals surface area contributed by atoms with E-state index >= 15 is 0 Å². The Morgan fingerprint density at radius 2 is 2.17 bits per heavy atom. The highest BCUT2D eigenvalue weighted by Gasteiger charge is 2.28. The molecular formula is C19H27NO4. The van der Waals surface area contributed by atoms with E-state index in [1.807, 2.05) is 36.1 Å². The first-order chi connectivity index (χ1) is 11.5. The second-order valence-corrected chi connectivity index (χ2v) is 6.55. The summed E-state index contributed by atoms with van der Waals surface area (Å²) in [4.78, 5) is 25.5. The summed E-state index contributed by atoms with van der Waals surface area (Å²) in [6.45, 7) is 2.79. The Bertz CT molecular complexity index is 572. The third kappa shape index (κ3) is 4.98. The van der Waals surface area contributed by atoms with Crippen LogP contribution in [0.3, 0.4) is 0 Å². The molecule has 24 heavy (non-hydrogen) atoms. The third-order valence-corrected chi connectivity index (χ3v) is 4.78. The number of nitrogens with zero attached hydrogens (tertiary/aromatic N) is 1. The minimum Gasteiger partial charge on any atom is -0.497 e. The van der Waals surface area contributed by atoms with Crippen molar-refractivity contribution in [1.82, 2.24) is 4.90 Å². The average Bonchev–Trinajstić information content (AvgIpc) is 2.60. The minimum absolute atomic E-state index is 0.0693. The first-order valence-electron chi connectivity index (χ1n) is 8.66. The highest BCUT2D eigenvalue weighted by molar-refractivity contribution is 5.77. The summed E-state index contributed by atoms with van der Waals surface area (Å²) in [5, 5.41) is 8.90. The molecule has 0 spiro atoms. The fourth-order valence-electron chi connectivity index (χ4n) is 3.36. The van der Waals surface area contributed by atoms with Crippen LogP contribution in [0.1, 0.15) is 56.9 Å². The standard InChI is InChI=1S/C19H27NO4/c1-14(15-6-5-8-17(13-15)24-2)12-18(21)20-11-4-3-7-16(20)9-10-19(22)23/h5-6,8,13-14,16H,3-4,7,9-12H2,1-2H3,(H,22,23)/t14-,16+/m1/s1. The summed E-state index contributed by atoms with van der Waals surface area (Å²) < 4.78 is 5.25. The topological polar surface area (TPSA) is 66.8 Å². The van der Waals surface area contributed by atoms with Crippen LogP contribution in [0, 0.1) is 0 Å². The molecule has 1 aromatic carbocycles. The summed E-state index contributed by atoms with van der Waals surface area (Å²) in [6, 6.07) is 7.88. The number of benzene rings is 1. The van der Waals surface area contributed by atoms with Crippen molar-refractivity contribution < 1.29 is 19.4 Å². The maximum Gasteiger partial charge on any atom is 0.303 e. The molecule has 0 aromatic heterocycles. The number of hydrogen-bond acceptors (Lipinski definition) is 3. The van der Waals surface area contributed by atoms with Crippen molar-refractivity contribution in [3.05, 3.63) is 29.8 Å². The molecule has 5 nitrogen and oxygen atoms in total. The maximum atomic E-state index is 12.7. The largest absolute Gasteiger partial charge is 0.497 e. The molecule has 1 saturated heterocycles. The number of hydrogen-bond donors (Lipinski definition) is 1. The zero-order chi connectivity index (χ0) is 17.5. The molecule has 1 aliphatic heterocycles. The Morgan fingerprint density at radius 1 is 1.38 bits per heavy atom. The van der Waals surface area contributed by atoms with E-state index in [1.54, 1.807) is 7.11 Å². The molecule has 1 heterocycles. The van der Waals surface area contributed by atoms with Gasteiger partial charge in [-0.2, -0.15) is 0 Å².